The lowest BCUT2D eigenvalue weighted by atomic mass is 10.1. The first-order valence-corrected chi connectivity index (χ1v) is 5.04. The molecule has 0 saturated carbocycles. The molecular formula is C12H12O7. The van der Waals surface area contributed by atoms with Crippen molar-refractivity contribution in [2.45, 2.75) is 0 Å². The van der Waals surface area contributed by atoms with Crippen LogP contribution in [0.15, 0.2) is 17.7 Å². The van der Waals surface area contributed by atoms with Crippen LogP contribution in [0.3, 0.4) is 0 Å². The molecule has 0 bridgehead atoms. The van der Waals surface area contributed by atoms with Crippen LogP contribution in [-0.4, -0.2) is 41.5 Å². The first-order chi connectivity index (χ1) is 8.90. The van der Waals surface area contributed by atoms with Gasteiger partial charge >= 0.3 is 11.9 Å². The van der Waals surface area contributed by atoms with Crippen LogP contribution in [0.25, 0.3) is 6.08 Å². The Balaban J connectivity index is 3.52. The van der Waals surface area contributed by atoms with Crippen LogP contribution in [0.4, 0.5) is 0 Å². The molecule has 0 aromatic heterocycles. The van der Waals surface area contributed by atoms with E-state index in [1.807, 2.05) is 0 Å². The van der Waals surface area contributed by atoms with Gasteiger partial charge in [0.1, 0.15) is 22.8 Å². The molecular weight excluding hydrogens is 256 g/mol. The maximum Gasteiger partial charge on any atom is 0.343 e. The van der Waals surface area contributed by atoms with Gasteiger partial charge in [-0.15, -0.1) is 0 Å². The summed E-state index contributed by atoms with van der Waals surface area (Å²) in [7, 11) is 2.60. The zero-order valence-electron chi connectivity index (χ0n) is 10.2. The average molecular weight is 268 g/mol. The van der Waals surface area contributed by atoms with Gasteiger partial charge in [0.05, 0.1) is 19.8 Å². The predicted molar refractivity (Wildman–Crippen MR) is 64.5 cm³/mol. The molecule has 0 saturated heterocycles. The summed E-state index contributed by atoms with van der Waals surface area (Å²) in [5.41, 5.74) is -0.732. The van der Waals surface area contributed by atoms with Crippen LogP contribution >= 0.6 is 0 Å². The minimum Gasteiger partial charge on any atom is -0.508 e. The minimum atomic E-state index is -1.59. The van der Waals surface area contributed by atoms with Crippen LogP contribution in [0, 0.1) is 0 Å². The Kier molecular flexibility index (Phi) is 4.36. The molecule has 0 radical (unpaired) electrons. The molecule has 0 aliphatic carbocycles. The van der Waals surface area contributed by atoms with Gasteiger partial charge in [-0.3, -0.25) is 0 Å². The van der Waals surface area contributed by atoms with Crippen molar-refractivity contribution in [3.8, 4) is 17.2 Å². The topological polar surface area (TPSA) is 113 Å². The lowest BCUT2D eigenvalue weighted by molar-refractivity contribution is -0.139. The van der Waals surface area contributed by atoms with E-state index in [1.54, 1.807) is 0 Å². The van der Waals surface area contributed by atoms with Crippen LogP contribution in [0.1, 0.15) is 5.56 Å². The summed E-state index contributed by atoms with van der Waals surface area (Å²) in [5.74, 6) is -3.15. The normalized spacial score (nSPS) is 9.58. The van der Waals surface area contributed by atoms with Crippen LogP contribution in [0.2, 0.25) is 0 Å². The molecule has 0 heterocycles. The lowest BCUT2D eigenvalue weighted by Gasteiger charge is -2.11. The van der Waals surface area contributed by atoms with Crippen molar-refractivity contribution >= 4 is 18.0 Å². The summed E-state index contributed by atoms with van der Waals surface area (Å²) in [4.78, 5) is 21.7. The van der Waals surface area contributed by atoms with E-state index in [4.69, 9.17) is 19.7 Å². The highest BCUT2D eigenvalue weighted by Gasteiger charge is 2.19. The summed E-state index contributed by atoms with van der Waals surface area (Å²) in [6, 6.07) is 2.44. The van der Waals surface area contributed by atoms with E-state index in [1.165, 1.54) is 26.4 Å². The molecule has 3 N–H and O–H groups in total. The maximum absolute atomic E-state index is 10.8. The van der Waals surface area contributed by atoms with Gasteiger partial charge in [0.2, 0.25) is 0 Å². The highest BCUT2D eigenvalue weighted by atomic mass is 16.5. The number of hydrogen-bond donors (Lipinski definition) is 3. The highest BCUT2D eigenvalue weighted by Crippen LogP contribution is 2.35. The quantitative estimate of drug-likeness (QED) is 0.414. The molecule has 1 aromatic rings. The van der Waals surface area contributed by atoms with Crippen molar-refractivity contribution < 1.29 is 34.4 Å². The standard InChI is InChI=1S/C12H12O7/c1-18-9-3-6(13)4-10(19-2)7(9)5-8(11(14)15)12(16)17/h3-5,13H,1-2H3,(H,14,15)(H,16,17). The van der Waals surface area contributed by atoms with Crippen molar-refractivity contribution in [1.29, 1.82) is 0 Å². The third-order valence-corrected chi connectivity index (χ3v) is 2.28. The zero-order chi connectivity index (χ0) is 14.6. The Hall–Kier alpha value is -2.70. The second-order valence-electron chi connectivity index (χ2n) is 3.43. The van der Waals surface area contributed by atoms with Gasteiger partial charge in [-0.1, -0.05) is 0 Å². The fourth-order valence-electron chi connectivity index (χ4n) is 1.43. The SMILES string of the molecule is COc1cc(O)cc(OC)c1C=C(C(=O)O)C(=O)O. The third-order valence-electron chi connectivity index (χ3n) is 2.28. The molecule has 0 unspecified atom stereocenters. The van der Waals surface area contributed by atoms with Crippen molar-refractivity contribution in [3.05, 3.63) is 23.3 Å². The number of phenolic OH excluding ortho intramolecular Hbond substituents is 1. The number of methoxy groups -OCH3 is 2. The molecule has 1 aromatic carbocycles. The number of phenols is 1. The summed E-state index contributed by atoms with van der Waals surface area (Å²) in [5, 5.41) is 27.0. The van der Waals surface area contributed by atoms with Gasteiger partial charge in [0.25, 0.3) is 0 Å². The first-order valence-electron chi connectivity index (χ1n) is 5.04. The van der Waals surface area contributed by atoms with E-state index < -0.39 is 17.5 Å². The number of hydrogen-bond acceptors (Lipinski definition) is 5. The molecule has 7 nitrogen and oxygen atoms in total. The Morgan fingerprint density at radius 2 is 1.47 bits per heavy atom. The van der Waals surface area contributed by atoms with Gasteiger partial charge in [0.15, 0.2) is 0 Å². The monoisotopic (exact) mass is 268 g/mol. The van der Waals surface area contributed by atoms with Crippen molar-refractivity contribution in [3.63, 3.8) is 0 Å². The molecule has 0 spiro atoms. The Bertz CT molecular complexity index is 504. The number of carboxylic acid groups (broad SMARTS) is 2. The number of ether oxygens (including phenoxy) is 2. The van der Waals surface area contributed by atoms with Crippen molar-refractivity contribution in [2.75, 3.05) is 14.2 Å². The summed E-state index contributed by atoms with van der Waals surface area (Å²) in [6.07, 6.45) is 0.905. The minimum absolute atomic E-state index is 0.0943. The molecule has 7 heteroatoms. The predicted octanol–water partition coefficient (Wildman–Crippen LogP) is 0.962. The van der Waals surface area contributed by atoms with Gasteiger partial charge in [-0.2, -0.15) is 0 Å². The van der Waals surface area contributed by atoms with E-state index in [-0.39, 0.29) is 22.8 Å². The summed E-state index contributed by atoms with van der Waals surface area (Å²) < 4.78 is 9.92. The Labute approximate surface area is 108 Å². The zero-order valence-corrected chi connectivity index (χ0v) is 10.2. The summed E-state index contributed by atoms with van der Waals surface area (Å²) >= 11 is 0. The second-order valence-corrected chi connectivity index (χ2v) is 3.43. The van der Waals surface area contributed by atoms with Gasteiger partial charge in [-0.25, -0.2) is 9.59 Å². The fraction of sp³-hybridized carbons (Fsp3) is 0.167. The van der Waals surface area contributed by atoms with Gasteiger partial charge < -0.3 is 24.8 Å². The summed E-state index contributed by atoms with van der Waals surface area (Å²) in [6.45, 7) is 0. The van der Waals surface area contributed by atoms with Gasteiger partial charge in [0, 0.05) is 12.1 Å². The molecule has 0 atom stereocenters. The van der Waals surface area contributed by atoms with Crippen molar-refractivity contribution in [2.24, 2.45) is 0 Å². The number of carbonyl (C=O) groups is 2. The second kappa shape index (κ2) is 5.76. The van der Waals surface area contributed by atoms with Crippen LogP contribution in [-0.2, 0) is 9.59 Å². The number of benzene rings is 1. The molecule has 19 heavy (non-hydrogen) atoms. The maximum atomic E-state index is 10.8. The Morgan fingerprint density at radius 3 is 1.79 bits per heavy atom. The van der Waals surface area contributed by atoms with E-state index in [9.17, 15) is 14.7 Å². The Morgan fingerprint density at radius 1 is 1.05 bits per heavy atom. The smallest absolute Gasteiger partial charge is 0.343 e. The van der Waals surface area contributed by atoms with Crippen LogP contribution < -0.4 is 9.47 Å². The highest BCUT2D eigenvalue weighted by molar-refractivity contribution is 6.16. The number of aromatic hydroxyl groups is 1. The van der Waals surface area contributed by atoms with E-state index >= 15 is 0 Å². The van der Waals surface area contributed by atoms with Crippen molar-refractivity contribution in [1.82, 2.24) is 0 Å². The third kappa shape index (κ3) is 3.15. The molecule has 0 aliphatic rings. The largest absolute Gasteiger partial charge is 0.508 e. The van der Waals surface area contributed by atoms with E-state index in [0.29, 0.717) is 0 Å². The molecule has 1 rings (SSSR count). The number of carboxylic acids is 2. The molecule has 0 amide bonds. The van der Waals surface area contributed by atoms with Crippen LogP contribution in [0.5, 0.6) is 17.2 Å². The van der Waals surface area contributed by atoms with E-state index in [0.717, 1.165) is 6.08 Å². The lowest BCUT2D eigenvalue weighted by Crippen LogP contribution is -2.11. The fourth-order valence-corrected chi connectivity index (χ4v) is 1.43. The molecule has 0 aliphatic heterocycles. The molecule has 102 valence electrons. The van der Waals surface area contributed by atoms with Gasteiger partial charge in [-0.05, 0) is 6.08 Å². The number of aliphatic carboxylic acids is 2. The number of rotatable bonds is 5. The first kappa shape index (κ1) is 14.4. The average Bonchev–Trinajstić information content (AvgIpc) is 2.34. The van der Waals surface area contributed by atoms with E-state index in [2.05, 4.69) is 0 Å². The molecule has 0 fully saturated rings.